The predicted octanol–water partition coefficient (Wildman–Crippen LogP) is 3.00. The molecule has 0 radical (unpaired) electrons. The third-order valence-corrected chi connectivity index (χ3v) is 7.86. The minimum absolute atomic E-state index is 0.0830. The fourth-order valence-corrected chi connectivity index (χ4v) is 5.39. The molecule has 0 atom stereocenters. The quantitative estimate of drug-likeness (QED) is 0.413. The summed E-state index contributed by atoms with van der Waals surface area (Å²) in [6.45, 7) is 8.48. The van der Waals surface area contributed by atoms with Crippen molar-refractivity contribution in [3.8, 4) is 0 Å². The Morgan fingerprint density at radius 1 is 1.06 bits per heavy atom. The lowest BCUT2D eigenvalue weighted by Crippen LogP contribution is -2.47. The lowest BCUT2D eigenvalue weighted by atomic mass is 10.2. The molecule has 0 amide bonds. The van der Waals surface area contributed by atoms with Gasteiger partial charge in [-0.1, -0.05) is 13.8 Å². The molecule has 180 valence electrons. The number of nitro benzene ring substituents is 1. The molecule has 0 saturated carbocycles. The Labute approximate surface area is 194 Å². The van der Waals surface area contributed by atoms with Crippen LogP contribution in [0.1, 0.15) is 13.8 Å². The van der Waals surface area contributed by atoms with Crippen LogP contribution >= 0.6 is 0 Å². The molecule has 0 spiro atoms. The van der Waals surface area contributed by atoms with Gasteiger partial charge < -0.3 is 10.2 Å². The van der Waals surface area contributed by atoms with E-state index in [1.807, 2.05) is 0 Å². The Morgan fingerprint density at radius 3 is 2.27 bits per heavy atom. The van der Waals surface area contributed by atoms with Crippen molar-refractivity contribution < 1.29 is 17.7 Å². The standard InChI is InChI=1S/C22H30FN5O4S/c1-3-27(4-2)33(31,32)20-9-10-21(22(17-20)28(29)30)24-11-12-25-13-15-26(16-14-25)19-7-5-18(23)6-8-19/h5-10,17,24H,3-4,11-16H2,1-2H3. The van der Waals surface area contributed by atoms with Crippen molar-refractivity contribution in [3.05, 3.63) is 58.4 Å². The van der Waals surface area contributed by atoms with Crippen LogP contribution in [0.15, 0.2) is 47.4 Å². The molecule has 0 aromatic heterocycles. The lowest BCUT2D eigenvalue weighted by molar-refractivity contribution is -0.384. The SMILES string of the molecule is CCN(CC)S(=O)(=O)c1ccc(NCCN2CCN(c3ccc(F)cc3)CC2)c([N+](=O)[O-])c1. The molecule has 0 unspecified atom stereocenters. The van der Waals surface area contributed by atoms with Gasteiger partial charge in [0.15, 0.2) is 0 Å². The van der Waals surface area contributed by atoms with Gasteiger partial charge in [0.1, 0.15) is 11.5 Å². The highest BCUT2D eigenvalue weighted by atomic mass is 32.2. The van der Waals surface area contributed by atoms with E-state index in [9.17, 15) is 22.9 Å². The Morgan fingerprint density at radius 2 is 1.70 bits per heavy atom. The Kier molecular flexibility index (Phi) is 8.22. The van der Waals surface area contributed by atoms with Crippen molar-refractivity contribution in [2.75, 3.05) is 62.6 Å². The molecule has 2 aromatic rings. The van der Waals surface area contributed by atoms with E-state index >= 15 is 0 Å². The minimum Gasteiger partial charge on any atom is -0.378 e. The first kappa shape index (κ1) is 24.9. The summed E-state index contributed by atoms with van der Waals surface area (Å²) in [6, 6.07) is 10.4. The normalized spacial score (nSPS) is 15.1. The Hall–Kier alpha value is -2.76. The van der Waals surface area contributed by atoms with Gasteiger partial charge in [-0.25, -0.2) is 12.8 Å². The number of anilines is 2. The summed E-state index contributed by atoms with van der Waals surface area (Å²) in [6.07, 6.45) is 0. The zero-order valence-corrected chi connectivity index (χ0v) is 19.7. The molecule has 1 aliphatic rings. The molecule has 2 aromatic carbocycles. The summed E-state index contributed by atoms with van der Waals surface area (Å²) < 4.78 is 39.8. The molecule has 1 N–H and O–H groups in total. The van der Waals surface area contributed by atoms with E-state index in [2.05, 4.69) is 15.1 Å². The first-order valence-electron chi connectivity index (χ1n) is 11.0. The van der Waals surface area contributed by atoms with Crippen molar-refractivity contribution >= 4 is 27.1 Å². The third kappa shape index (κ3) is 5.98. The molecule has 11 heteroatoms. The van der Waals surface area contributed by atoms with Crippen LogP contribution in [0, 0.1) is 15.9 Å². The molecule has 33 heavy (non-hydrogen) atoms. The van der Waals surface area contributed by atoms with E-state index in [1.54, 1.807) is 26.0 Å². The summed E-state index contributed by atoms with van der Waals surface area (Å²) >= 11 is 0. The van der Waals surface area contributed by atoms with Gasteiger partial charge in [0.05, 0.1) is 9.82 Å². The zero-order chi connectivity index (χ0) is 24.0. The van der Waals surface area contributed by atoms with Crippen LogP contribution in [0.2, 0.25) is 0 Å². The third-order valence-electron chi connectivity index (χ3n) is 5.82. The topological polar surface area (TPSA) is 99.0 Å². The van der Waals surface area contributed by atoms with Crippen LogP contribution in [0.5, 0.6) is 0 Å². The van der Waals surface area contributed by atoms with Crippen molar-refractivity contribution in [3.63, 3.8) is 0 Å². The first-order chi connectivity index (χ1) is 15.8. The molecule has 1 aliphatic heterocycles. The van der Waals surface area contributed by atoms with Crippen LogP contribution in [-0.2, 0) is 10.0 Å². The fraction of sp³-hybridized carbons (Fsp3) is 0.455. The summed E-state index contributed by atoms with van der Waals surface area (Å²) in [5.74, 6) is -0.253. The monoisotopic (exact) mass is 479 g/mol. The smallest absolute Gasteiger partial charge is 0.293 e. The highest BCUT2D eigenvalue weighted by molar-refractivity contribution is 7.89. The molecular weight excluding hydrogens is 449 g/mol. The van der Waals surface area contributed by atoms with Crippen LogP contribution < -0.4 is 10.2 Å². The van der Waals surface area contributed by atoms with E-state index in [4.69, 9.17) is 0 Å². The molecule has 0 aliphatic carbocycles. The molecule has 9 nitrogen and oxygen atoms in total. The van der Waals surface area contributed by atoms with Crippen LogP contribution in [-0.4, -0.2) is 74.9 Å². The minimum atomic E-state index is -3.77. The van der Waals surface area contributed by atoms with Crippen LogP contribution in [0.4, 0.5) is 21.5 Å². The second kappa shape index (κ2) is 10.9. The maximum absolute atomic E-state index is 13.1. The maximum atomic E-state index is 13.1. The second-order valence-electron chi connectivity index (χ2n) is 7.76. The van der Waals surface area contributed by atoms with Gasteiger partial charge in [-0.3, -0.25) is 15.0 Å². The number of piperazine rings is 1. The highest BCUT2D eigenvalue weighted by Gasteiger charge is 2.26. The second-order valence-corrected chi connectivity index (χ2v) is 9.70. The number of hydrogen-bond donors (Lipinski definition) is 1. The molecule has 1 heterocycles. The number of rotatable bonds is 10. The maximum Gasteiger partial charge on any atom is 0.293 e. The number of nitrogens with one attached hydrogen (secondary N) is 1. The number of benzene rings is 2. The average molecular weight is 480 g/mol. The summed E-state index contributed by atoms with van der Waals surface area (Å²) in [5.41, 5.74) is 1.03. The van der Waals surface area contributed by atoms with Crippen molar-refractivity contribution in [2.24, 2.45) is 0 Å². The van der Waals surface area contributed by atoms with Gasteiger partial charge in [-0.15, -0.1) is 0 Å². The number of nitro groups is 1. The Balaban J connectivity index is 1.58. The Bertz CT molecular complexity index is 1050. The van der Waals surface area contributed by atoms with Crippen LogP contribution in [0.3, 0.4) is 0 Å². The van der Waals surface area contributed by atoms with Gasteiger partial charge in [0.2, 0.25) is 10.0 Å². The summed E-state index contributed by atoms with van der Waals surface area (Å²) in [7, 11) is -3.77. The fourth-order valence-electron chi connectivity index (χ4n) is 3.92. The molecule has 1 saturated heterocycles. The van der Waals surface area contributed by atoms with Gasteiger partial charge in [-0.2, -0.15) is 4.31 Å². The largest absolute Gasteiger partial charge is 0.378 e. The zero-order valence-electron chi connectivity index (χ0n) is 18.9. The number of hydrogen-bond acceptors (Lipinski definition) is 7. The van der Waals surface area contributed by atoms with Crippen molar-refractivity contribution in [1.82, 2.24) is 9.21 Å². The molecule has 1 fully saturated rings. The van der Waals surface area contributed by atoms with E-state index in [1.165, 1.54) is 28.6 Å². The van der Waals surface area contributed by atoms with E-state index in [-0.39, 0.29) is 16.4 Å². The van der Waals surface area contributed by atoms with E-state index < -0.39 is 14.9 Å². The van der Waals surface area contributed by atoms with Crippen LogP contribution in [0.25, 0.3) is 0 Å². The van der Waals surface area contributed by atoms with Gasteiger partial charge in [0, 0.05) is 64.1 Å². The van der Waals surface area contributed by atoms with E-state index in [0.717, 1.165) is 37.9 Å². The molecular formula is C22H30FN5O4S. The van der Waals surface area contributed by atoms with Gasteiger partial charge in [-0.05, 0) is 36.4 Å². The summed E-state index contributed by atoms with van der Waals surface area (Å²) in [4.78, 5) is 15.4. The van der Waals surface area contributed by atoms with Gasteiger partial charge >= 0.3 is 0 Å². The number of nitrogens with zero attached hydrogens (tertiary/aromatic N) is 4. The molecule has 3 rings (SSSR count). The predicted molar refractivity (Wildman–Crippen MR) is 127 cm³/mol. The molecule has 0 bridgehead atoms. The first-order valence-corrected chi connectivity index (χ1v) is 12.5. The summed E-state index contributed by atoms with van der Waals surface area (Å²) in [5, 5.41) is 14.7. The van der Waals surface area contributed by atoms with Crippen molar-refractivity contribution in [1.29, 1.82) is 0 Å². The number of sulfonamides is 1. The van der Waals surface area contributed by atoms with E-state index in [0.29, 0.717) is 31.9 Å². The number of halogens is 1. The average Bonchev–Trinajstić information content (AvgIpc) is 2.80. The van der Waals surface area contributed by atoms with Crippen molar-refractivity contribution in [2.45, 2.75) is 18.7 Å². The lowest BCUT2D eigenvalue weighted by Gasteiger charge is -2.36. The van der Waals surface area contributed by atoms with Gasteiger partial charge in [0.25, 0.3) is 5.69 Å². The highest BCUT2D eigenvalue weighted by Crippen LogP contribution is 2.29.